The second-order valence-corrected chi connectivity index (χ2v) is 7.36. The molecule has 2 rings (SSSR count). The maximum Gasteiger partial charge on any atom is 0.236 e. The molecule has 2 unspecified atom stereocenters. The number of halogens is 2. The van der Waals surface area contributed by atoms with Gasteiger partial charge in [-0.05, 0) is 38.5 Å². The molecular weight excluding hydrogens is 296 g/mol. The van der Waals surface area contributed by atoms with Gasteiger partial charge in [-0.1, -0.05) is 6.07 Å². The summed E-state index contributed by atoms with van der Waals surface area (Å²) in [5.74, 6) is -0.748. The first-order chi connectivity index (χ1) is 9.74. The van der Waals surface area contributed by atoms with Crippen molar-refractivity contribution in [2.75, 3.05) is 12.3 Å². The number of nitrogens with one attached hydrogen (secondary N) is 1. The smallest absolute Gasteiger partial charge is 0.236 e. The number of hydrogen-bond acceptors (Lipinski definition) is 3. The Balaban J connectivity index is 2.05. The lowest BCUT2D eigenvalue weighted by Gasteiger charge is -2.28. The van der Waals surface area contributed by atoms with E-state index in [0.717, 1.165) is 30.7 Å². The van der Waals surface area contributed by atoms with Crippen molar-refractivity contribution in [2.45, 2.75) is 37.0 Å². The van der Waals surface area contributed by atoms with Crippen molar-refractivity contribution in [3.05, 3.63) is 35.4 Å². The molecule has 1 aliphatic rings. The van der Waals surface area contributed by atoms with Crippen molar-refractivity contribution in [3.63, 3.8) is 0 Å². The van der Waals surface area contributed by atoms with E-state index in [2.05, 4.69) is 5.32 Å². The molecule has 1 aliphatic heterocycles. The van der Waals surface area contributed by atoms with Gasteiger partial charge in [-0.15, -0.1) is 11.8 Å². The highest BCUT2D eigenvalue weighted by Gasteiger charge is 2.38. The normalized spacial score (nSPS) is 24.6. The number of hydrogen-bond donors (Lipinski definition) is 2. The Kier molecular flexibility index (Phi) is 4.58. The molecular formula is C15H19F2NO2S. The lowest BCUT2D eigenvalue weighted by molar-refractivity contribution is -0.124. The summed E-state index contributed by atoms with van der Waals surface area (Å²) in [5.41, 5.74) is -1.62. The third kappa shape index (κ3) is 3.55. The number of carbonyl (C=O) groups excluding carboxylic acids is 1. The van der Waals surface area contributed by atoms with Crippen LogP contribution in [0, 0.1) is 11.6 Å². The molecule has 1 heterocycles. The average molecular weight is 315 g/mol. The van der Waals surface area contributed by atoms with E-state index in [4.69, 9.17) is 0 Å². The second-order valence-electron chi connectivity index (χ2n) is 5.76. The molecule has 0 spiro atoms. The SMILES string of the molecule is CC1(C(=O)NCC(C)(O)c2ccc(F)cc2F)CCCS1. The van der Waals surface area contributed by atoms with Crippen LogP contribution in [-0.2, 0) is 10.4 Å². The van der Waals surface area contributed by atoms with E-state index in [9.17, 15) is 18.7 Å². The lowest BCUT2D eigenvalue weighted by atomic mass is 9.94. The van der Waals surface area contributed by atoms with Crippen molar-refractivity contribution in [3.8, 4) is 0 Å². The molecule has 116 valence electrons. The van der Waals surface area contributed by atoms with Crippen molar-refractivity contribution >= 4 is 17.7 Å². The fourth-order valence-corrected chi connectivity index (χ4v) is 3.65. The number of thioether (sulfide) groups is 1. The summed E-state index contributed by atoms with van der Waals surface area (Å²) >= 11 is 1.59. The number of rotatable bonds is 4. The standard InChI is InChI=1S/C15H19F2NO2S/c1-14(20,11-5-4-10(16)8-12(11)17)9-18-13(19)15(2)6-3-7-21-15/h4-5,8,20H,3,6-7,9H2,1-2H3,(H,18,19). The van der Waals surface area contributed by atoms with Crippen molar-refractivity contribution in [1.29, 1.82) is 0 Å². The molecule has 0 aliphatic carbocycles. The Morgan fingerprint density at radius 1 is 1.52 bits per heavy atom. The molecule has 0 bridgehead atoms. The summed E-state index contributed by atoms with van der Waals surface area (Å²) in [6.07, 6.45) is 1.77. The lowest BCUT2D eigenvalue weighted by Crippen LogP contribution is -2.46. The highest BCUT2D eigenvalue weighted by Crippen LogP contribution is 2.38. The number of amides is 1. The fraction of sp³-hybridized carbons (Fsp3) is 0.533. The van der Waals surface area contributed by atoms with Gasteiger partial charge in [0.05, 0.1) is 11.3 Å². The molecule has 1 amide bonds. The van der Waals surface area contributed by atoms with E-state index < -0.39 is 22.0 Å². The zero-order valence-electron chi connectivity index (χ0n) is 12.1. The van der Waals surface area contributed by atoms with Crippen molar-refractivity contribution in [2.24, 2.45) is 0 Å². The maximum absolute atomic E-state index is 13.7. The molecule has 2 N–H and O–H groups in total. The summed E-state index contributed by atoms with van der Waals surface area (Å²) in [6.45, 7) is 3.14. The topological polar surface area (TPSA) is 49.3 Å². The summed E-state index contributed by atoms with van der Waals surface area (Å²) in [7, 11) is 0. The van der Waals surface area contributed by atoms with Gasteiger partial charge in [-0.3, -0.25) is 4.79 Å². The first kappa shape index (κ1) is 16.2. The van der Waals surface area contributed by atoms with Crippen LogP contribution in [0.4, 0.5) is 8.78 Å². The molecule has 6 heteroatoms. The van der Waals surface area contributed by atoms with Crippen LogP contribution in [0.3, 0.4) is 0 Å². The summed E-state index contributed by atoms with van der Waals surface area (Å²) in [6, 6.07) is 3.01. The molecule has 0 aromatic heterocycles. The zero-order valence-corrected chi connectivity index (χ0v) is 12.9. The van der Waals surface area contributed by atoms with Crippen LogP contribution >= 0.6 is 11.8 Å². The first-order valence-corrected chi connectivity index (χ1v) is 7.83. The minimum absolute atomic E-state index is 0.0339. The Morgan fingerprint density at radius 3 is 2.81 bits per heavy atom. The maximum atomic E-state index is 13.7. The summed E-state index contributed by atoms with van der Waals surface area (Å²) in [4.78, 5) is 12.2. The molecule has 21 heavy (non-hydrogen) atoms. The van der Waals surface area contributed by atoms with Gasteiger partial charge in [0.2, 0.25) is 5.91 Å². The Morgan fingerprint density at radius 2 is 2.24 bits per heavy atom. The quantitative estimate of drug-likeness (QED) is 0.898. The van der Waals surface area contributed by atoms with Gasteiger partial charge in [-0.25, -0.2) is 8.78 Å². The number of benzene rings is 1. The van der Waals surface area contributed by atoms with E-state index >= 15 is 0 Å². The minimum atomic E-state index is -1.59. The largest absolute Gasteiger partial charge is 0.383 e. The van der Waals surface area contributed by atoms with Crippen LogP contribution < -0.4 is 5.32 Å². The predicted molar refractivity (Wildman–Crippen MR) is 79.0 cm³/mol. The van der Waals surface area contributed by atoms with E-state index in [1.807, 2.05) is 6.92 Å². The van der Waals surface area contributed by atoms with Gasteiger partial charge in [0.1, 0.15) is 17.2 Å². The van der Waals surface area contributed by atoms with E-state index in [-0.39, 0.29) is 18.0 Å². The minimum Gasteiger partial charge on any atom is -0.383 e. The van der Waals surface area contributed by atoms with Crippen LogP contribution in [0.1, 0.15) is 32.3 Å². The average Bonchev–Trinajstić information content (AvgIpc) is 2.84. The van der Waals surface area contributed by atoms with Crippen LogP contribution in [-0.4, -0.2) is 28.1 Å². The van der Waals surface area contributed by atoms with Gasteiger partial charge in [0.15, 0.2) is 0 Å². The van der Waals surface area contributed by atoms with Gasteiger partial charge in [-0.2, -0.15) is 0 Å². The molecule has 0 radical (unpaired) electrons. The van der Waals surface area contributed by atoms with Gasteiger partial charge < -0.3 is 10.4 Å². The molecule has 1 fully saturated rings. The fourth-order valence-electron chi connectivity index (χ4n) is 2.42. The Labute approximate surface area is 127 Å². The van der Waals surface area contributed by atoms with Crippen LogP contribution in [0.2, 0.25) is 0 Å². The molecule has 1 aromatic carbocycles. The molecule has 2 atom stereocenters. The van der Waals surface area contributed by atoms with Crippen LogP contribution in [0.25, 0.3) is 0 Å². The summed E-state index contributed by atoms with van der Waals surface area (Å²) in [5, 5.41) is 13.0. The molecule has 1 saturated heterocycles. The number of carbonyl (C=O) groups is 1. The zero-order chi connectivity index (χ0) is 15.7. The van der Waals surface area contributed by atoms with Crippen LogP contribution in [0.15, 0.2) is 18.2 Å². The van der Waals surface area contributed by atoms with Crippen LogP contribution in [0.5, 0.6) is 0 Å². The van der Waals surface area contributed by atoms with E-state index in [0.29, 0.717) is 0 Å². The molecule has 0 saturated carbocycles. The Bertz CT molecular complexity index is 542. The highest BCUT2D eigenvalue weighted by molar-refractivity contribution is 8.01. The van der Waals surface area contributed by atoms with Gasteiger partial charge in [0.25, 0.3) is 0 Å². The molecule has 3 nitrogen and oxygen atoms in total. The Hall–Kier alpha value is -1.14. The third-order valence-corrected chi connectivity index (χ3v) is 5.32. The monoisotopic (exact) mass is 315 g/mol. The number of aliphatic hydroxyl groups is 1. The van der Waals surface area contributed by atoms with Gasteiger partial charge >= 0.3 is 0 Å². The van der Waals surface area contributed by atoms with Gasteiger partial charge in [0, 0.05) is 11.6 Å². The van der Waals surface area contributed by atoms with E-state index in [1.54, 1.807) is 11.8 Å². The summed E-state index contributed by atoms with van der Waals surface area (Å²) < 4.78 is 26.2. The second kappa shape index (κ2) is 5.93. The van der Waals surface area contributed by atoms with Crippen molar-refractivity contribution in [1.82, 2.24) is 5.32 Å². The third-order valence-electron chi connectivity index (χ3n) is 3.80. The predicted octanol–water partition coefficient (Wildman–Crippen LogP) is 2.57. The highest BCUT2D eigenvalue weighted by atomic mass is 32.2. The van der Waals surface area contributed by atoms with Crippen molar-refractivity contribution < 1.29 is 18.7 Å². The molecule has 1 aromatic rings. The first-order valence-electron chi connectivity index (χ1n) is 6.85. The van der Waals surface area contributed by atoms with E-state index in [1.165, 1.54) is 13.0 Å².